The van der Waals surface area contributed by atoms with Gasteiger partial charge in [-0.25, -0.2) is 4.79 Å². The van der Waals surface area contributed by atoms with Crippen LogP contribution in [0.25, 0.3) is 0 Å². The smallest absolute Gasteiger partial charge is 0.318 e. The van der Waals surface area contributed by atoms with Crippen molar-refractivity contribution >= 4 is 35.1 Å². The molecule has 1 saturated heterocycles. The summed E-state index contributed by atoms with van der Waals surface area (Å²) in [7, 11) is 1.51. The van der Waals surface area contributed by atoms with E-state index in [2.05, 4.69) is 16.0 Å². The average Bonchev–Trinajstić information content (AvgIpc) is 2.80. The molecule has 4 rings (SSSR count). The standard InChI is InChI=1S/C24H33ClN4O4/c1-33-21-12-11-15(25)13-18(21)27-22(30)14-20-23(31)28-17-9-5-6-10-19(17)29(20)24(32)26-16-7-3-2-4-8-16/h11-13,16-17,19-20H,2-10,14H2,1H3,(H,26,32)(H,27,30)(H,28,31)/t17-,19+,20+/m0/s1. The molecule has 33 heavy (non-hydrogen) atoms. The van der Waals surface area contributed by atoms with Crippen molar-refractivity contribution < 1.29 is 19.1 Å². The van der Waals surface area contributed by atoms with E-state index in [1.165, 1.54) is 13.5 Å². The van der Waals surface area contributed by atoms with Gasteiger partial charge in [0.25, 0.3) is 0 Å². The largest absolute Gasteiger partial charge is 0.495 e. The predicted molar refractivity (Wildman–Crippen MR) is 126 cm³/mol. The Kier molecular flexibility index (Phi) is 7.63. The second kappa shape index (κ2) is 10.6. The summed E-state index contributed by atoms with van der Waals surface area (Å²) in [5.74, 6) is -0.175. The van der Waals surface area contributed by atoms with E-state index in [9.17, 15) is 14.4 Å². The Labute approximate surface area is 199 Å². The summed E-state index contributed by atoms with van der Waals surface area (Å²) in [6.07, 6.45) is 8.88. The van der Waals surface area contributed by atoms with Crippen LogP contribution in [0.5, 0.6) is 5.75 Å². The van der Waals surface area contributed by atoms with Crippen molar-refractivity contribution in [1.29, 1.82) is 0 Å². The highest BCUT2D eigenvalue weighted by atomic mass is 35.5. The Morgan fingerprint density at radius 2 is 1.85 bits per heavy atom. The van der Waals surface area contributed by atoms with Gasteiger partial charge in [0.2, 0.25) is 11.8 Å². The number of nitrogens with one attached hydrogen (secondary N) is 3. The Bertz CT molecular complexity index is 889. The topological polar surface area (TPSA) is 99.8 Å². The maximum absolute atomic E-state index is 13.4. The van der Waals surface area contributed by atoms with E-state index in [0.29, 0.717) is 16.5 Å². The molecule has 3 atom stereocenters. The molecule has 0 spiro atoms. The Hall–Kier alpha value is -2.48. The SMILES string of the molecule is COc1ccc(Cl)cc1NC(=O)C[C@@H]1C(=O)N[C@H]2CCCC[C@H]2N1C(=O)NC1CCCCC1. The Balaban J connectivity index is 1.52. The molecule has 0 radical (unpaired) electrons. The fourth-order valence-corrected chi connectivity index (χ4v) is 5.56. The molecule has 1 aromatic carbocycles. The Morgan fingerprint density at radius 3 is 2.61 bits per heavy atom. The van der Waals surface area contributed by atoms with E-state index >= 15 is 0 Å². The number of hydrogen-bond acceptors (Lipinski definition) is 4. The zero-order chi connectivity index (χ0) is 23.4. The second-order valence-electron chi connectivity index (χ2n) is 9.27. The van der Waals surface area contributed by atoms with Crippen LogP contribution in [0.4, 0.5) is 10.5 Å². The van der Waals surface area contributed by atoms with Crippen LogP contribution in [0, 0.1) is 0 Å². The molecule has 3 N–H and O–H groups in total. The summed E-state index contributed by atoms with van der Waals surface area (Å²) in [6, 6.07) is 3.82. The summed E-state index contributed by atoms with van der Waals surface area (Å²) in [6.45, 7) is 0. The van der Waals surface area contributed by atoms with E-state index in [0.717, 1.165) is 51.4 Å². The number of ether oxygens (including phenoxy) is 1. The van der Waals surface area contributed by atoms with Gasteiger partial charge in [-0.15, -0.1) is 0 Å². The van der Waals surface area contributed by atoms with Gasteiger partial charge >= 0.3 is 6.03 Å². The molecular weight excluding hydrogens is 444 g/mol. The van der Waals surface area contributed by atoms with Crippen LogP contribution in [0.2, 0.25) is 5.02 Å². The molecule has 4 amide bonds. The predicted octanol–water partition coefficient (Wildman–Crippen LogP) is 3.83. The molecule has 2 aliphatic carbocycles. The summed E-state index contributed by atoms with van der Waals surface area (Å²) in [4.78, 5) is 41.1. The third-order valence-corrected chi connectivity index (χ3v) is 7.27. The van der Waals surface area contributed by atoms with Gasteiger partial charge < -0.3 is 25.6 Å². The molecule has 9 heteroatoms. The number of rotatable bonds is 5. The van der Waals surface area contributed by atoms with Crippen LogP contribution < -0.4 is 20.7 Å². The minimum Gasteiger partial charge on any atom is -0.495 e. The number of urea groups is 1. The van der Waals surface area contributed by atoms with Gasteiger partial charge in [0.15, 0.2) is 0 Å². The van der Waals surface area contributed by atoms with Crippen molar-refractivity contribution in [2.24, 2.45) is 0 Å². The zero-order valence-electron chi connectivity index (χ0n) is 19.1. The van der Waals surface area contributed by atoms with Crippen molar-refractivity contribution in [2.45, 2.75) is 88.4 Å². The molecular formula is C24H33ClN4O4. The molecule has 8 nitrogen and oxygen atoms in total. The van der Waals surface area contributed by atoms with Crippen LogP contribution in [-0.2, 0) is 9.59 Å². The average molecular weight is 477 g/mol. The molecule has 0 aromatic heterocycles. The maximum atomic E-state index is 13.4. The lowest BCUT2D eigenvalue weighted by atomic mass is 9.85. The second-order valence-corrected chi connectivity index (χ2v) is 9.71. The summed E-state index contributed by atoms with van der Waals surface area (Å²) >= 11 is 6.07. The molecule has 2 saturated carbocycles. The lowest BCUT2D eigenvalue weighted by Crippen LogP contribution is -2.69. The number of carbonyl (C=O) groups excluding carboxylic acids is 3. The lowest BCUT2D eigenvalue weighted by molar-refractivity contribution is -0.135. The first-order valence-electron chi connectivity index (χ1n) is 12.0. The number of nitrogens with zero attached hydrogens (tertiary/aromatic N) is 1. The molecule has 0 bridgehead atoms. The summed E-state index contributed by atoms with van der Waals surface area (Å²) in [5.41, 5.74) is 0.431. The lowest BCUT2D eigenvalue weighted by Gasteiger charge is -2.48. The fraction of sp³-hybridized carbons (Fsp3) is 0.625. The van der Waals surface area contributed by atoms with Crippen LogP contribution in [0.15, 0.2) is 18.2 Å². The van der Waals surface area contributed by atoms with E-state index in [1.807, 2.05) is 0 Å². The number of methoxy groups -OCH3 is 1. The summed E-state index contributed by atoms with van der Waals surface area (Å²) in [5, 5.41) is 9.48. The number of piperazine rings is 1. The highest BCUT2D eigenvalue weighted by Gasteiger charge is 2.46. The number of benzene rings is 1. The Morgan fingerprint density at radius 1 is 1.12 bits per heavy atom. The number of anilines is 1. The van der Waals surface area contributed by atoms with Gasteiger partial charge in [0, 0.05) is 17.1 Å². The molecule has 1 aromatic rings. The summed E-state index contributed by atoms with van der Waals surface area (Å²) < 4.78 is 5.30. The van der Waals surface area contributed by atoms with Crippen LogP contribution in [0.3, 0.4) is 0 Å². The first-order valence-corrected chi connectivity index (χ1v) is 12.4. The monoisotopic (exact) mass is 476 g/mol. The van der Waals surface area contributed by atoms with Gasteiger partial charge in [-0.2, -0.15) is 0 Å². The van der Waals surface area contributed by atoms with Gasteiger partial charge in [-0.05, 0) is 43.9 Å². The number of fused-ring (bicyclic) bond motifs is 1. The molecule has 3 aliphatic rings. The van der Waals surface area contributed by atoms with Crippen molar-refractivity contribution in [1.82, 2.24) is 15.5 Å². The van der Waals surface area contributed by atoms with Crippen molar-refractivity contribution in [3.8, 4) is 5.75 Å². The molecule has 1 aliphatic heterocycles. The minimum absolute atomic E-state index is 0.0595. The maximum Gasteiger partial charge on any atom is 0.318 e. The molecule has 1 heterocycles. The first-order chi connectivity index (χ1) is 16.0. The van der Waals surface area contributed by atoms with E-state index in [-0.39, 0.29) is 42.4 Å². The van der Waals surface area contributed by atoms with Gasteiger partial charge in [-0.1, -0.05) is 43.7 Å². The third kappa shape index (κ3) is 5.54. The fourth-order valence-electron chi connectivity index (χ4n) is 5.38. The van der Waals surface area contributed by atoms with Crippen molar-refractivity contribution in [3.63, 3.8) is 0 Å². The van der Waals surface area contributed by atoms with E-state index in [1.54, 1.807) is 23.1 Å². The highest BCUT2D eigenvalue weighted by molar-refractivity contribution is 6.31. The van der Waals surface area contributed by atoms with Gasteiger partial charge in [0.05, 0.1) is 25.3 Å². The number of hydrogen-bond donors (Lipinski definition) is 3. The van der Waals surface area contributed by atoms with Crippen molar-refractivity contribution in [3.05, 3.63) is 23.2 Å². The number of carbonyl (C=O) groups is 3. The van der Waals surface area contributed by atoms with Crippen LogP contribution in [-0.4, -0.2) is 54.0 Å². The van der Waals surface area contributed by atoms with Gasteiger partial charge in [-0.3, -0.25) is 9.59 Å². The quantitative estimate of drug-likeness (QED) is 0.601. The van der Waals surface area contributed by atoms with E-state index in [4.69, 9.17) is 16.3 Å². The molecule has 0 unspecified atom stereocenters. The molecule has 3 fully saturated rings. The normalized spacial score (nSPS) is 25.6. The van der Waals surface area contributed by atoms with E-state index < -0.39 is 6.04 Å². The number of amides is 4. The van der Waals surface area contributed by atoms with Crippen LogP contribution >= 0.6 is 11.6 Å². The third-order valence-electron chi connectivity index (χ3n) is 7.03. The minimum atomic E-state index is -0.863. The molecule has 180 valence electrons. The van der Waals surface area contributed by atoms with Crippen LogP contribution in [0.1, 0.15) is 64.2 Å². The highest BCUT2D eigenvalue weighted by Crippen LogP contribution is 2.31. The van der Waals surface area contributed by atoms with Crippen molar-refractivity contribution in [2.75, 3.05) is 12.4 Å². The van der Waals surface area contributed by atoms with Gasteiger partial charge in [0.1, 0.15) is 11.8 Å². The zero-order valence-corrected chi connectivity index (χ0v) is 19.8. The first kappa shape index (κ1) is 23.7. The number of halogens is 1.